The van der Waals surface area contributed by atoms with E-state index >= 15 is 0 Å². The number of hydrogen-bond donors (Lipinski definition) is 1. The number of hydrogen-bond acceptors (Lipinski definition) is 3. The van der Waals surface area contributed by atoms with E-state index in [4.69, 9.17) is 5.11 Å². The molecule has 1 aromatic heterocycles. The third-order valence-corrected chi connectivity index (χ3v) is 3.62. The summed E-state index contributed by atoms with van der Waals surface area (Å²) >= 11 is 1.76. The fraction of sp³-hybridized carbons (Fsp3) is 0.214. The zero-order chi connectivity index (χ0) is 12.1. The predicted octanol–water partition coefficient (Wildman–Crippen LogP) is 3.17. The molecule has 0 aliphatic carbocycles. The van der Waals surface area contributed by atoms with Crippen molar-refractivity contribution in [3.05, 3.63) is 59.4 Å². The van der Waals surface area contributed by atoms with Gasteiger partial charge >= 0.3 is 0 Å². The van der Waals surface area contributed by atoms with Gasteiger partial charge in [-0.25, -0.2) is 0 Å². The van der Waals surface area contributed by atoms with Crippen molar-refractivity contribution in [1.29, 1.82) is 0 Å². The summed E-state index contributed by atoms with van der Waals surface area (Å²) in [5, 5.41) is 8.96. The molecule has 0 atom stereocenters. The van der Waals surface area contributed by atoms with E-state index < -0.39 is 0 Å². The maximum Gasteiger partial charge on any atom is 0.0681 e. The van der Waals surface area contributed by atoms with E-state index in [2.05, 4.69) is 18.0 Å². The van der Waals surface area contributed by atoms with Crippen LogP contribution >= 0.6 is 11.8 Å². The van der Waals surface area contributed by atoms with Crippen LogP contribution in [0, 0.1) is 6.92 Å². The molecule has 0 fully saturated rings. The summed E-state index contributed by atoms with van der Waals surface area (Å²) in [7, 11) is 0. The molecule has 0 spiro atoms. The maximum atomic E-state index is 8.96. The summed E-state index contributed by atoms with van der Waals surface area (Å²) < 4.78 is 0. The summed E-state index contributed by atoms with van der Waals surface area (Å²) in [6, 6.07) is 12.0. The average Bonchev–Trinajstić information content (AvgIpc) is 2.38. The second-order valence-electron chi connectivity index (χ2n) is 3.86. The Bertz CT molecular complexity index is 482. The first kappa shape index (κ1) is 12.1. The van der Waals surface area contributed by atoms with Crippen LogP contribution in [0.25, 0.3) is 0 Å². The molecule has 17 heavy (non-hydrogen) atoms. The lowest BCUT2D eigenvalue weighted by molar-refractivity contribution is 0.282. The lowest BCUT2D eigenvalue weighted by Crippen LogP contribution is -1.90. The molecule has 0 radical (unpaired) electrons. The predicted molar refractivity (Wildman–Crippen MR) is 70.9 cm³/mol. The molecular weight excluding hydrogens is 230 g/mol. The smallest absolute Gasteiger partial charge is 0.0681 e. The largest absolute Gasteiger partial charge is 0.392 e. The van der Waals surface area contributed by atoms with Crippen molar-refractivity contribution in [3.63, 3.8) is 0 Å². The number of rotatable bonds is 4. The Morgan fingerprint density at radius 1 is 1.18 bits per heavy atom. The van der Waals surface area contributed by atoms with E-state index in [9.17, 15) is 0 Å². The van der Waals surface area contributed by atoms with Gasteiger partial charge in [0.25, 0.3) is 0 Å². The Morgan fingerprint density at radius 3 is 2.59 bits per heavy atom. The Labute approximate surface area is 106 Å². The van der Waals surface area contributed by atoms with Gasteiger partial charge in [0, 0.05) is 16.8 Å². The van der Waals surface area contributed by atoms with Gasteiger partial charge in [0.2, 0.25) is 0 Å². The van der Waals surface area contributed by atoms with Crippen molar-refractivity contribution in [2.45, 2.75) is 24.2 Å². The van der Waals surface area contributed by atoms with Crippen molar-refractivity contribution in [1.82, 2.24) is 4.98 Å². The number of aliphatic hydroxyl groups is 1. The number of nitrogens with zero attached hydrogens (tertiary/aromatic N) is 1. The van der Waals surface area contributed by atoms with Gasteiger partial charge in [0.15, 0.2) is 0 Å². The van der Waals surface area contributed by atoms with E-state index in [-0.39, 0.29) is 6.61 Å². The molecule has 2 aromatic rings. The van der Waals surface area contributed by atoms with Gasteiger partial charge in [-0.3, -0.25) is 4.98 Å². The number of pyridine rings is 1. The molecule has 2 nitrogen and oxygen atoms in total. The molecule has 1 heterocycles. The quantitative estimate of drug-likeness (QED) is 0.840. The second kappa shape index (κ2) is 5.84. The van der Waals surface area contributed by atoms with Gasteiger partial charge in [0.1, 0.15) is 0 Å². The standard InChI is InChI=1S/C14H15NOS/c1-11-3-2-8-15-14(11)10-17-13-6-4-12(9-16)5-7-13/h2-8,16H,9-10H2,1H3. The third kappa shape index (κ3) is 3.32. The Morgan fingerprint density at radius 2 is 1.94 bits per heavy atom. The van der Waals surface area contributed by atoms with Crippen LogP contribution in [0.15, 0.2) is 47.5 Å². The molecule has 1 N–H and O–H groups in total. The van der Waals surface area contributed by atoms with Crippen molar-refractivity contribution in [3.8, 4) is 0 Å². The molecule has 0 saturated carbocycles. The molecule has 0 bridgehead atoms. The first-order chi connectivity index (χ1) is 8.29. The summed E-state index contributed by atoms with van der Waals surface area (Å²) in [6.45, 7) is 2.18. The van der Waals surface area contributed by atoms with Crippen molar-refractivity contribution < 1.29 is 5.11 Å². The van der Waals surface area contributed by atoms with Crippen LogP contribution in [0.2, 0.25) is 0 Å². The maximum absolute atomic E-state index is 8.96. The van der Waals surface area contributed by atoms with Gasteiger partial charge < -0.3 is 5.11 Å². The number of benzene rings is 1. The minimum absolute atomic E-state index is 0.101. The second-order valence-corrected chi connectivity index (χ2v) is 4.91. The fourth-order valence-corrected chi connectivity index (χ4v) is 2.45. The van der Waals surface area contributed by atoms with E-state index in [1.807, 2.05) is 36.5 Å². The highest BCUT2D eigenvalue weighted by Gasteiger charge is 2.00. The van der Waals surface area contributed by atoms with Crippen LogP contribution in [0.4, 0.5) is 0 Å². The zero-order valence-electron chi connectivity index (χ0n) is 9.76. The summed E-state index contributed by atoms with van der Waals surface area (Å²) in [5.74, 6) is 0.880. The Hall–Kier alpha value is -1.32. The first-order valence-electron chi connectivity index (χ1n) is 5.52. The van der Waals surface area contributed by atoms with E-state index in [0.717, 1.165) is 17.0 Å². The fourth-order valence-electron chi connectivity index (χ4n) is 1.51. The lowest BCUT2D eigenvalue weighted by atomic mass is 10.2. The number of aliphatic hydroxyl groups excluding tert-OH is 1. The average molecular weight is 245 g/mol. The topological polar surface area (TPSA) is 33.1 Å². The Balaban J connectivity index is 2.00. The van der Waals surface area contributed by atoms with Crippen LogP contribution in [0.1, 0.15) is 16.8 Å². The number of aromatic nitrogens is 1. The molecule has 0 amide bonds. The molecule has 88 valence electrons. The van der Waals surface area contributed by atoms with Gasteiger partial charge in [-0.1, -0.05) is 18.2 Å². The number of aryl methyl sites for hydroxylation is 1. The van der Waals surface area contributed by atoms with Crippen LogP contribution in [0.3, 0.4) is 0 Å². The van der Waals surface area contributed by atoms with Crippen LogP contribution in [-0.2, 0) is 12.4 Å². The van der Waals surface area contributed by atoms with E-state index in [1.165, 1.54) is 10.5 Å². The Kier molecular flexibility index (Phi) is 4.18. The molecule has 3 heteroatoms. The van der Waals surface area contributed by atoms with E-state index in [1.54, 1.807) is 11.8 Å². The summed E-state index contributed by atoms with van der Waals surface area (Å²) in [5.41, 5.74) is 3.30. The third-order valence-electron chi connectivity index (χ3n) is 2.60. The van der Waals surface area contributed by atoms with Gasteiger partial charge in [-0.15, -0.1) is 11.8 Å². The molecular formula is C14H15NOS. The highest BCUT2D eigenvalue weighted by molar-refractivity contribution is 7.98. The summed E-state index contributed by atoms with van der Waals surface area (Å²) in [6.07, 6.45) is 1.83. The summed E-state index contributed by atoms with van der Waals surface area (Å²) in [4.78, 5) is 5.57. The minimum atomic E-state index is 0.101. The number of thioether (sulfide) groups is 1. The van der Waals surface area contributed by atoms with Crippen LogP contribution < -0.4 is 0 Å². The van der Waals surface area contributed by atoms with Crippen molar-refractivity contribution in [2.75, 3.05) is 0 Å². The molecule has 0 aliphatic heterocycles. The van der Waals surface area contributed by atoms with Crippen molar-refractivity contribution in [2.24, 2.45) is 0 Å². The van der Waals surface area contributed by atoms with E-state index in [0.29, 0.717) is 0 Å². The highest BCUT2D eigenvalue weighted by Crippen LogP contribution is 2.23. The molecule has 2 rings (SSSR count). The highest BCUT2D eigenvalue weighted by atomic mass is 32.2. The minimum Gasteiger partial charge on any atom is -0.392 e. The van der Waals surface area contributed by atoms with Gasteiger partial charge in [0.05, 0.1) is 12.3 Å². The lowest BCUT2D eigenvalue weighted by Gasteiger charge is -2.04. The van der Waals surface area contributed by atoms with Crippen LogP contribution in [0.5, 0.6) is 0 Å². The van der Waals surface area contributed by atoms with Crippen molar-refractivity contribution >= 4 is 11.8 Å². The van der Waals surface area contributed by atoms with Gasteiger partial charge in [-0.05, 0) is 36.2 Å². The first-order valence-corrected chi connectivity index (χ1v) is 6.51. The molecule has 0 saturated heterocycles. The monoisotopic (exact) mass is 245 g/mol. The molecule has 0 aliphatic rings. The molecule has 0 unspecified atom stereocenters. The normalized spacial score (nSPS) is 10.5. The zero-order valence-corrected chi connectivity index (χ0v) is 10.6. The SMILES string of the molecule is Cc1cccnc1CSc1ccc(CO)cc1. The molecule has 1 aromatic carbocycles. The van der Waals surface area contributed by atoms with Crippen LogP contribution in [-0.4, -0.2) is 10.1 Å². The van der Waals surface area contributed by atoms with Gasteiger partial charge in [-0.2, -0.15) is 0 Å².